The van der Waals surface area contributed by atoms with E-state index in [0.29, 0.717) is 23.5 Å². The summed E-state index contributed by atoms with van der Waals surface area (Å²) in [4.78, 5) is 27.8. The van der Waals surface area contributed by atoms with Gasteiger partial charge in [-0.05, 0) is 35.9 Å². The average Bonchev–Trinajstić information content (AvgIpc) is 2.79. The molecule has 0 radical (unpaired) electrons. The summed E-state index contributed by atoms with van der Waals surface area (Å²) >= 11 is 0. The number of nitriles is 1. The van der Waals surface area contributed by atoms with Crippen molar-refractivity contribution in [3.05, 3.63) is 65.7 Å². The number of hydrogen-bond acceptors (Lipinski definition) is 7. The second kappa shape index (κ2) is 9.76. The van der Waals surface area contributed by atoms with Gasteiger partial charge in [-0.25, -0.2) is 15.0 Å². The van der Waals surface area contributed by atoms with Gasteiger partial charge in [0.25, 0.3) is 0 Å². The van der Waals surface area contributed by atoms with Gasteiger partial charge >= 0.3 is 0 Å². The first-order valence-electron chi connectivity index (χ1n) is 10.9. The third kappa shape index (κ3) is 5.16. The van der Waals surface area contributed by atoms with E-state index in [9.17, 15) is 10.1 Å². The van der Waals surface area contributed by atoms with Crippen LogP contribution in [0.1, 0.15) is 30.8 Å². The Morgan fingerprint density at radius 3 is 2.73 bits per heavy atom. The molecule has 3 aromatic rings. The molecule has 168 valence electrons. The molecule has 1 amide bonds. The Hall–Kier alpha value is -3.83. The van der Waals surface area contributed by atoms with Gasteiger partial charge in [-0.3, -0.25) is 4.79 Å². The van der Waals surface area contributed by atoms with Gasteiger partial charge in [0.15, 0.2) is 0 Å². The maximum Gasteiger partial charge on any atom is 0.226 e. The highest BCUT2D eigenvalue weighted by Gasteiger charge is 2.27. The van der Waals surface area contributed by atoms with Crippen LogP contribution in [0.5, 0.6) is 0 Å². The van der Waals surface area contributed by atoms with Crippen LogP contribution in [-0.2, 0) is 16.0 Å². The second-order valence-corrected chi connectivity index (χ2v) is 8.34. The minimum atomic E-state index is -0.170. The van der Waals surface area contributed by atoms with E-state index in [0.717, 1.165) is 35.7 Å². The fourth-order valence-electron chi connectivity index (χ4n) is 3.53. The number of hydrogen-bond donors (Lipinski definition) is 1. The molecule has 0 bridgehead atoms. The van der Waals surface area contributed by atoms with Crippen molar-refractivity contribution >= 4 is 17.4 Å². The summed E-state index contributed by atoms with van der Waals surface area (Å²) in [6.07, 6.45) is 4.36. The fraction of sp³-hybridized carbons (Fsp3) is 0.320. The lowest BCUT2D eigenvalue weighted by molar-refractivity contribution is -0.118. The highest BCUT2D eigenvalue weighted by atomic mass is 16.5. The molecular formula is C25H26N6O2. The fourth-order valence-corrected chi connectivity index (χ4v) is 3.53. The van der Waals surface area contributed by atoms with Crippen molar-refractivity contribution in [3.8, 4) is 17.3 Å². The monoisotopic (exact) mass is 442 g/mol. The molecule has 0 unspecified atom stereocenters. The lowest BCUT2D eigenvalue weighted by Gasteiger charge is -2.39. The summed E-state index contributed by atoms with van der Waals surface area (Å²) < 4.78 is 5.34. The smallest absolute Gasteiger partial charge is 0.226 e. The predicted octanol–water partition coefficient (Wildman–Crippen LogP) is 3.43. The Bertz CT molecular complexity index is 1200. The van der Waals surface area contributed by atoms with E-state index in [-0.39, 0.29) is 17.9 Å². The van der Waals surface area contributed by atoms with Crippen LogP contribution in [0.15, 0.2) is 48.8 Å². The Balaban J connectivity index is 1.52. The standard InChI is InChI=1S/C25H26N6O2/c1-16(2)25(32)30-21-5-4-18(12-19(21)13-26)22-7-9-27-23(29-22)10-17-6-8-28-24(11-17)31-14-20(15-31)33-3/h4-9,11-12,16,20H,10,14-15H2,1-3H3,(H,30,32). The Morgan fingerprint density at radius 2 is 2.00 bits per heavy atom. The van der Waals surface area contributed by atoms with Crippen LogP contribution in [0, 0.1) is 17.2 Å². The second-order valence-electron chi connectivity index (χ2n) is 8.34. The number of anilines is 2. The summed E-state index contributed by atoms with van der Waals surface area (Å²) in [5, 5.41) is 12.4. The van der Waals surface area contributed by atoms with E-state index in [2.05, 4.69) is 32.3 Å². The molecule has 8 heteroatoms. The first-order valence-corrected chi connectivity index (χ1v) is 10.9. The van der Waals surface area contributed by atoms with E-state index in [1.807, 2.05) is 32.0 Å². The maximum absolute atomic E-state index is 12.0. The lowest BCUT2D eigenvalue weighted by atomic mass is 10.1. The molecule has 1 fully saturated rings. The quantitative estimate of drug-likeness (QED) is 0.598. The molecule has 2 aromatic heterocycles. The van der Waals surface area contributed by atoms with E-state index < -0.39 is 0 Å². The number of ether oxygens (including phenoxy) is 1. The van der Waals surface area contributed by atoms with Gasteiger partial charge in [0.05, 0.1) is 23.0 Å². The van der Waals surface area contributed by atoms with Crippen molar-refractivity contribution in [2.24, 2.45) is 5.92 Å². The first kappa shape index (κ1) is 22.4. The molecule has 0 atom stereocenters. The molecule has 4 rings (SSSR count). The zero-order valence-electron chi connectivity index (χ0n) is 18.9. The Labute approximate surface area is 193 Å². The van der Waals surface area contributed by atoms with E-state index in [4.69, 9.17) is 9.72 Å². The minimum absolute atomic E-state index is 0.128. The number of pyridine rings is 1. The van der Waals surface area contributed by atoms with E-state index >= 15 is 0 Å². The van der Waals surface area contributed by atoms with Crippen LogP contribution < -0.4 is 10.2 Å². The lowest BCUT2D eigenvalue weighted by Crippen LogP contribution is -2.52. The van der Waals surface area contributed by atoms with Crippen molar-refractivity contribution in [1.82, 2.24) is 15.0 Å². The number of methoxy groups -OCH3 is 1. The number of benzene rings is 1. The zero-order chi connectivity index (χ0) is 23.4. The number of nitrogens with one attached hydrogen (secondary N) is 1. The number of amides is 1. The summed E-state index contributed by atoms with van der Waals surface area (Å²) in [6.45, 7) is 5.30. The van der Waals surface area contributed by atoms with Crippen LogP contribution in [0.4, 0.5) is 11.5 Å². The predicted molar refractivity (Wildman–Crippen MR) is 126 cm³/mol. The van der Waals surface area contributed by atoms with Crippen molar-refractivity contribution in [2.45, 2.75) is 26.4 Å². The summed E-state index contributed by atoms with van der Waals surface area (Å²) in [5.74, 6) is 1.31. The normalized spacial score (nSPS) is 13.5. The molecule has 1 N–H and O–H groups in total. The molecule has 0 spiro atoms. The van der Waals surface area contributed by atoms with Crippen LogP contribution in [0.3, 0.4) is 0 Å². The molecule has 3 heterocycles. The molecular weight excluding hydrogens is 416 g/mol. The molecule has 0 aliphatic carbocycles. The average molecular weight is 443 g/mol. The minimum Gasteiger partial charge on any atom is -0.378 e. The van der Waals surface area contributed by atoms with Crippen molar-refractivity contribution < 1.29 is 9.53 Å². The molecule has 8 nitrogen and oxygen atoms in total. The largest absolute Gasteiger partial charge is 0.378 e. The van der Waals surface area contributed by atoms with Crippen molar-refractivity contribution in [1.29, 1.82) is 5.26 Å². The third-order valence-electron chi connectivity index (χ3n) is 5.60. The van der Waals surface area contributed by atoms with Crippen LogP contribution >= 0.6 is 0 Å². The van der Waals surface area contributed by atoms with Gasteiger partial charge in [0.2, 0.25) is 5.91 Å². The molecule has 1 aliphatic rings. The van der Waals surface area contributed by atoms with Gasteiger partial charge < -0.3 is 15.0 Å². The number of carbonyl (C=O) groups excluding carboxylic acids is 1. The Morgan fingerprint density at radius 1 is 1.21 bits per heavy atom. The molecule has 1 aromatic carbocycles. The molecule has 33 heavy (non-hydrogen) atoms. The van der Waals surface area contributed by atoms with Gasteiger partial charge in [0.1, 0.15) is 17.7 Å². The number of aromatic nitrogens is 3. The molecule has 0 saturated carbocycles. The zero-order valence-corrected chi connectivity index (χ0v) is 18.9. The first-order chi connectivity index (χ1) is 16.0. The number of rotatable bonds is 7. The molecule has 1 saturated heterocycles. The SMILES string of the molecule is COC1CN(c2cc(Cc3nccc(-c4ccc(NC(=O)C(C)C)c(C#N)c4)n3)ccn2)C1. The van der Waals surface area contributed by atoms with E-state index in [1.165, 1.54) is 0 Å². The van der Waals surface area contributed by atoms with Gasteiger partial charge in [0, 0.05) is 50.5 Å². The van der Waals surface area contributed by atoms with Crippen LogP contribution in [0.2, 0.25) is 0 Å². The van der Waals surface area contributed by atoms with Crippen LogP contribution in [-0.4, -0.2) is 47.2 Å². The van der Waals surface area contributed by atoms with Crippen molar-refractivity contribution in [2.75, 3.05) is 30.4 Å². The number of nitrogens with zero attached hydrogens (tertiary/aromatic N) is 5. The topological polar surface area (TPSA) is 104 Å². The maximum atomic E-state index is 12.0. The summed E-state index contributed by atoms with van der Waals surface area (Å²) in [7, 11) is 1.73. The van der Waals surface area contributed by atoms with Crippen molar-refractivity contribution in [3.63, 3.8) is 0 Å². The van der Waals surface area contributed by atoms with Crippen LogP contribution in [0.25, 0.3) is 11.3 Å². The Kier molecular flexibility index (Phi) is 6.61. The number of carbonyl (C=O) groups is 1. The third-order valence-corrected chi connectivity index (χ3v) is 5.60. The van der Waals surface area contributed by atoms with E-state index in [1.54, 1.807) is 31.6 Å². The highest BCUT2D eigenvalue weighted by molar-refractivity contribution is 5.93. The highest BCUT2D eigenvalue weighted by Crippen LogP contribution is 2.25. The summed E-state index contributed by atoms with van der Waals surface area (Å²) in [6, 6.07) is 13.3. The van der Waals surface area contributed by atoms with Gasteiger partial charge in [-0.2, -0.15) is 5.26 Å². The van der Waals surface area contributed by atoms with Gasteiger partial charge in [-0.15, -0.1) is 0 Å². The van der Waals surface area contributed by atoms with Gasteiger partial charge in [-0.1, -0.05) is 19.9 Å². The summed E-state index contributed by atoms with van der Waals surface area (Å²) in [5.41, 5.74) is 3.48. The molecule has 1 aliphatic heterocycles.